The van der Waals surface area contributed by atoms with Crippen molar-refractivity contribution >= 4 is 40.5 Å². The second kappa shape index (κ2) is 17.1. The van der Waals surface area contributed by atoms with Gasteiger partial charge in [-0.15, -0.1) is 0 Å². The van der Waals surface area contributed by atoms with Crippen molar-refractivity contribution in [3.63, 3.8) is 0 Å². The van der Waals surface area contributed by atoms with Gasteiger partial charge in [-0.1, -0.05) is 30.3 Å². The Labute approximate surface area is 310 Å². The number of carbonyl (C=O) groups excluding carboxylic acids is 4. The van der Waals surface area contributed by atoms with Crippen LogP contribution in [0.1, 0.15) is 74.8 Å². The van der Waals surface area contributed by atoms with E-state index in [9.17, 15) is 23.6 Å². The number of amides is 3. The van der Waals surface area contributed by atoms with Gasteiger partial charge in [0.1, 0.15) is 30.6 Å². The molecule has 3 fully saturated rings. The number of esters is 1. The molecule has 3 aliphatic rings. The average molecular weight is 734 g/mol. The molecule has 12 nitrogen and oxygen atoms in total. The third-order valence-electron chi connectivity index (χ3n) is 10.6. The number of hydrogen-bond acceptors (Lipinski definition) is 8. The zero-order valence-electron chi connectivity index (χ0n) is 30.9. The summed E-state index contributed by atoms with van der Waals surface area (Å²) in [5.41, 5.74) is 1.91. The Bertz CT molecular complexity index is 1730. The number of alkyl halides is 1. The average Bonchev–Trinajstić information content (AvgIpc) is 3.79. The first kappa shape index (κ1) is 38.2. The number of aromatic amines is 1. The lowest BCUT2D eigenvalue weighted by molar-refractivity contribution is -0.141. The Hall–Kier alpha value is -4.49. The molecule has 2 aromatic carbocycles. The highest BCUT2D eigenvalue weighted by atomic mass is 19.1. The monoisotopic (exact) mass is 733 g/mol. The Morgan fingerprint density at radius 1 is 0.962 bits per heavy atom. The van der Waals surface area contributed by atoms with Crippen LogP contribution >= 0.6 is 0 Å². The number of likely N-dealkylation sites (tertiary alicyclic amines) is 1. The van der Waals surface area contributed by atoms with Gasteiger partial charge in [-0.2, -0.15) is 0 Å². The number of ether oxygens (including phenoxy) is 3. The lowest BCUT2D eigenvalue weighted by atomic mass is 9.78. The largest absolute Gasteiger partial charge is 0.460 e. The molecule has 3 amide bonds. The number of hydrogen-bond donors (Lipinski definition) is 3. The number of carbonyl (C=O) groups is 4. The number of morpholine rings is 1. The van der Waals surface area contributed by atoms with Crippen molar-refractivity contribution in [3.05, 3.63) is 65.9 Å². The minimum Gasteiger partial charge on any atom is -0.460 e. The Morgan fingerprint density at radius 3 is 2.40 bits per heavy atom. The number of nitrogens with one attached hydrogen (secondary N) is 3. The highest BCUT2D eigenvalue weighted by Gasteiger charge is 2.45. The van der Waals surface area contributed by atoms with Gasteiger partial charge in [-0.05, 0) is 88.6 Å². The molecular formula is C40H52FN5O7. The summed E-state index contributed by atoms with van der Waals surface area (Å²) >= 11 is 0. The molecule has 3 heterocycles. The molecule has 2 saturated heterocycles. The number of alkyl carbamates (subject to hydrolysis) is 1. The summed E-state index contributed by atoms with van der Waals surface area (Å²) in [6, 6.07) is 15.5. The number of rotatable bonds is 11. The zero-order chi connectivity index (χ0) is 37.5. The molecule has 0 spiro atoms. The topological polar surface area (TPSA) is 142 Å². The number of aromatic nitrogens is 1. The third-order valence-corrected chi connectivity index (χ3v) is 10.6. The Kier molecular flexibility index (Phi) is 12.3. The maximum Gasteiger partial charge on any atom is 0.407 e. The Balaban J connectivity index is 1.10. The molecule has 53 heavy (non-hydrogen) atoms. The lowest BCUT2D eigenvalue weighted by Gasteiger charge is -2.36. The van der Waals surface area contributed by atoms with Crippen LogP contribution in [0, 0.1) is 11.8 Å². The fraction of sp³-hybridized carbons (Fsp3) is 0.550. The summed E-state index contributed by atoms with van der Waals surface area (Å²) in [4.78, 5) is 60.5. The molecule has 1 aromatic heterocycles. The van der Waals surface area contributed by atoms with Crippen molar-refractivity contribution in [2.75, 3.05) is 58.0 Å². The van der Waals surface area contributed by atoms with Crippen LogP contribution in [0.15, 0.2) is 54.6 Å². The van der Waals surface area contributed by atoms with E-state index in [1.54, 1.807) is 43.9 Å². The quantitative estimate of drug-likeness (QED) is 0.215. The van der Waals surface area contributed by atoms with Crippen molar-refractivity contribution in [3.8, 4) is 0 Å². The molecule has 6 rings (SSSR count). The summed E-state index contributed by atoms with van der Waals surface area (Å²) in [6.07, 6.45) is 2.23. The predicted molar refractivity (Wildman–Crippen MR) is 198 cm³/mol. The first-order valence-electron chi connectivity index (χ1n) is 18.8. The number of benzene rings is 2. The van der Waals surface area contributed by atoms with Gasteiger partial charge in [0.05, 0.1) is 19.3 Å². The van der Waals surface area contributed by atoms with E-state index >= 15 is 0 Å². The minimum atomic E-state index is -0.728. The molecule has 0 unspecified atom stereocenters. The van der Waals surface area contributed by atoms with Crippen LogP contribution in [0.5, 0.6) is 0 Å². The van der Waals surface area contributed by atoms with E-state index in [0.717, 1.165) is 29.6 Å². The molecular weight excluding hydrogens is 681 g/mol. The van der Waals surface area contributed by atoms with Gasteiger partial charge in [-0.25, -0.2) is 14.0 Å². The van der Waals surface area contributed by atoms with Crippen molar-refractivity contribution in [2.24, 2.45) is 11.8 Å². The fourth-order valence-corrected chi connectivity index (χ4v) is 7.86. The lowest BCUT2D eigenvalue weighted by Crippen LogP contribution is -2.49. The minimum absolute atomic E-state index is 0.0724. The maximum atomic E-state index is 14.2. The van der Waals surface area contributed by atoms with Gasteiger partial charge in [-0.3, -0.25) is 14.5 Å². The van der Waals surface area contributed by atoms with Crippen LogP contribution in [0.4, 0.5) is 14.9 Å². The van der Waals surface area contributed by atoms with Crippen molar-refractivity contribution in [1.29, 1.82) is 0 Å². The predicted octanol–water partition coefficient (Wildman–Crippen LogP) is 5.65. The molecule has 1 saturated carbocycles. The molecule has 0 bridgehead atoms. The molecule has 3 aromatic rings. The summed E-state index contributed by atoms with van der Waals surface area (Å²) in [6.45, 7) is 8.91. The normalized spacial score (nSPS) is 23.0. The first-order valence-corrected chi connectivity index (χ1v) is 18.8. The standard InChI is InChI=1S/C40H52FN5O7/c1-40(2,3)53-39(50)44-34(25-41)27-9-11-28(12-10-27)37(48)46-16-15-31(26-7-5-4-6-8-26)35(46)36(47)42-30-13-14-32-29(23-30)24-33(43-32)38(49)52-22-19-45-17-20-51-21-18-45/h4-8,13-14,23-24,27-28,31,34-35,43H,9-12,15-22,25H2,1-3H3,(H,42,47)(H,44,50)/t27?,28?,31-,34-,35+/m1/s1. The van der Waals surface area contributed by atoms with Crippen LogP contribution in [-0.4, -0.2) is 109 Å². The van der Waals surface area contributed by atoms with Crippen LogP contribution in [0.25, 0.3) is 10.9 Å². The van der Waals surface area contributed by atoms with Gasteiger partial charge >= 0.3 is 12.1 Å². The molecule has 3 atom stereocenters. The van der Waals surface area contributed by atoms with Gasteiger partial charge in [0.25, 0.3) is 0 Å². The molecule has 13 heteroatoms. The van der Waals surface area contributed by atoms with E-state index in [4.69, 9.17) is 14.2 Å². The molecule has 0 radical (unpaired) electrons. The second-order valence-corrected chi connectivity index (χ2v) is 15.4. The number of anilines is 1. The zero-order valence-corrected chi connectivity index (χ0v) is 30.9. The second-order valence-electron chi connectivity index (χ2n) is 15.4. The van der Waals surface area contributed by atoms with E-state index in [1.807, 2.05) is 36.4 Å². The molecule has 3 N–H and O–H groups in total. The smallest absolute Gasteiger partial charge is 0.407 e. The van der Waals surface area contributed by atoms with Crippen LogP contribution in [-0.2, 0) is 23.8 Å². The number of fused-ring (bicyclic) bond motifs is 1. The van der Waals surface area contributed by atoms with Crippen molar-refractivity contribution < 1.29 is 37.8 Å². The van der Waals surface area contributed by atoms with Gasteiger partial charge in [0.15, 0.2) is 0 Å². The first-order chi connectivity index (χ1) is 25.5. The summed E-state index contributed by atoms with van der Waals surface area (Å²) in [7, 11) is 0. The highest BCUT2D eigenvalue weighted by molar-refractivity contribution is 6.01. The highest BCUT2D eigenvalue weighted by Crippen LogP contribution is 2.39. The fourth-order valence-electron chi connectivity index (χ4n) is 7.86. The maximum absolute atomic E-state index is 14.2. The molecule has 286 valence electrons. The van der Waals surface area contributed by atoms with E-state index in [1.165, 1.54) is 0 Å². The Morgan fingerprint density at radius 2 is 1.70 bits per heavy atom. The van der Waals surface area contributed by atoms with Crippen LogP contribution in [0.2, 0.25) is 0 Å². The van der Waals surface area contributed by atoms with Crippen LogP contribution < -0.4 is 10.6 Å². The van der Waals surface area contributed by atoms with E-state index in [0.29, 0.717) is 69.8 Å². The van der Waals surface area contributed by atoms with E-state index in [-0.39, 0.29) is 36.2 Å². The molecule has 1 aliphatic carbocycles. The van der Waals surface area contributed by atoms with Gasteiger partial charge < -0.3 is 34.7 Å². The third kappa shape index (κ3) is 9.74. The number of H-pyrrole nitrogens is 1. The van der Waals surface area contributed by atoms with Crippen molar-refractivity contribution in [1.82, 2.24) is 20.1 Å². The van der Waals surface area contributed by atoms with Gasteiger partial charge in [0, 0.05) is 54.6 Å². The van der Waals surface area contributed by atoms with Gasteiger partial charge in [0.2, 0.25) is 11.8 Å². The number of halogens is 1. The van der Waals surface area contributed by atoms with Crippen molar-refractivity contribution in [2.45, 2.75) is 76.5 Å². The van der Waals surface area contributed by atoms with E-state index < -0.39 is 36.4 Å². The summed E-state index contributed by atoms with van der Waals surface area (Å²) in [5.74, 6) is -1.42. The summed E-state index contributed by atoms with van der Waals surface area (Å²) < 4.78 is 30.3. The summed E-state index contributed by atoms with van der Waals surface area (Å²) in [5, 5.41) is 6.49. The molecule has 2 aliphatic heterocycles. The van der Waals surface area contributed by atoms with E-state index in [2.05, 4.69) is 20.5 Å². The SMILES string of the molecule is CC(C)(C)OC(=O)N[C@H](CF)C1CCC(C(=O)N2CC[C@H](c3ccccc3)[C@H]2C(=O)Nc2ccc3[nH]c(C(=O)OCCN4CCOCC4)cc3c2)CC1. The van der Waals surface area contributed by atoms with Crippen LogP contribution in [0.3, 0.4) is 0 Å². The number of nitrogens with zero attached hydrogens (tertiary/aromatic N) is 2.